The second-order valence-electron chi connectivity index (χ2n) is 12.0. The number of nitrogens with zero attached hydrogens (tertiary/aromatic N) is 2. The molecule has 0 spiro atoms. The van der Waals surface area contributed by atoms with E-state index in [1.807, 2.05) is 32.2 Å². The Bertz CT molecular complexity index is 1880. The van der Waals surface area contributed by atoms with Crippen molar-refractivity contribution in [3.8, 4) is 5.75 Å². The summed E-state index contributed by atoms with van der Waals surface area (Å²) in [7, 11) is 0.902. The van der Waals surface area contributed by atoms with Crippen molar-refractivity contribution in [2.45, 2.75) is 57.9 Å². The third-order valence-corrected chi connectivity index (χ3v) is 9.66. The van der Waals surface area contributed by atoms with Gasteiger partial charge in [-0.05, 0) is 72.4 Å². The van der Waals surface area contributed by atoms with Crippen molar-refractivity contribution in [3.63, 3.8) is 0 Å². The molecule has 1 aromatic heterocycles. The molecule has 3 aromatic carbocycles. The smallest absolute Gasteiger partial charge is 0.265 e. The van der Waals surface area contributed by atoms with E-state index in [0.29, 0.717) is 43.7 Å². The lowest BCUT2D eigenvalue weighted by Crippen LogP contribution is -2.31. The quantitative estimate of drug-likeness (QED) is 0.199. The van der Waals surface area contributed by atoms with E-state index in [-0.39, 0.29) is 28.2 Å². The molecule has 0 fully saturated rings. The Morgan fingerprint density at radius 3 is 2.43 bits per heavy atom. The number of fused-ring (bicyclic) bond motifs is 1. The average molecular weight is 661 g/mol. The highest BCUT2D eigenvalue weighted by Gasteiger charge is 2.22. The van der Waals surface area contributed by atoms with Crippen molar-refractivity contribution in [3.05, 3.63) is 94.7 Å². The first-order valence-corrected chi connectivity index (χ1v) is 17.2. The third-order valence-electron chi connectivity index (χ3n) is 8.17. The highest BCUT2D eigenvalue weighted by Crippen LogP contribution is 2.30. The van der Waals surface area contributed by atoms with Crippen molar-refractivity contribution < 1.29 is 27.5 Å². The number of aromatic nitrogens is 1. The molecule has 2 N–H and O–H groups in total. The lowest BCUT2D eigenvalue weighted by atomic mass is 9.96. The van der Waals surface area contributed by atoms with Crippen LogP contribution in [0, 0.1) is 12.8 Å². The van der Waals surface area contributed by atoms with Gasteiger partial charge in [0.15, 0.2) is 0 Å². The van der Waals surface area contributed by atoms with E-state index in [1.165, 1.54) is 19.2 Å². The maximum Gasteiger partial charge on any atom is 0.265 e. The van der Waals surface area contributed by atoms with Gasteiger partial charge in [0.25, 0.3) is 15.9 Å². The Hall–Kier alpha value is -4.64. The van der Waals surface area contributed by atoms with E-state index in [9.17, 15) is 22.8 Å². The van der Waals surface area contributed by atoms with Gasteiger partial charge in [-0.1, -0.05) is 44.2 Å². The van der Waals surface area contributed by atoms with Crippen molar-refractivity contribution in [1.29, 1.82) is 0 Å². The van der Waals surface area contributed by atoms with Crippen molar-refractivity contribution >= 4 is 38.6 Å². The molecule has 0 aliphatic heterocycles. The molecule has 11 heteroatoms. The van der Waals surface area contributed by atoms with Crippen LogP contribution in [0.3, 0.4) is 0 Å². The van der Waals surface area contributed by atoms with Gasteiger partial charge in [-0.25, -0.2) is 13.1 Å². The molecule has 0 bridgehead atoms. The second-order valence-corrected chi connectivity index (χ2v) is 13.7. The van der Waals surface area contributed by atoms with E-state index < -0.39 is 15.9 Å². The largest absolute Gasteiger partial charge is 0.496 e. The molecule has 1 heterocycles. The van der Waals surface area contributed by atoms with E-state index >= 15 is 0 Å². The van der Waals surface area contributed by atoms with Crippen LogP contribution in [-0.4, -0.2) is 63.4 Å². The van der Waals surface area contributed by atoms with Crippen molar-refractivity contribution in [1.82, 2.24) is 19.5 Å². The SMILES string of the molecule is CCCNC(=O)C(C)Cc1ccc2c(c1)c(Cc1ccc(C(=O)NS(=O)(=O)c3ccccc3C)cc1OC)cn2CCC(=O)N(C)C. The maximum atomic E-state index is 13.1. The molecule has 10 nitrogen and oxygen atoms in total. The molecule has 0 saturated carbocycles. The normalized spacial score (nSPS) is 12.0. The summed E-state index contributed by atoms with van der Waals surface area (Å²) >= 11 is 0. The zero-order valence-electron chi connectivity index (χ0n) is 27.9. The summed E-state index contributed by atoms with van der Waals surface area (Å²) in [4.78, 5) is 39.6. The average Bonchev–Trinajstić information content (AvgIpc) is 3.38. The molecule has 4 aromatic rings. The summed E-state index contributed by atoms with van der Waals surface area (Å²) in [6.45, 7) is 6.75. The van der Waals surface area contributed by atoms with Crippen LogP contribution in [0.15, 0.2) is 71.8 Å². The van der Waals surface area contributed by atoms with E-state index in [1.54, 1.807) is 56.3 Å². The van der Waals surface area contributed by atoms with Crippen LogP contribution in [0.5, 0.6) is 5.75 Å². The fourth-order valence-electron chi connectivity index (χ4n) is 5.51. The van der Waals surface area contributed by atoms with E-state index in [4.69, 9.17) is 4.74 Å². The zero-order valence-corrected chi connectivity index (χ0v) is 28.7. The molecule has 0 saturated heterocycles. The summed E-state index contributed by atoms with van der Waals surface area (Å²) in [5, 5.41) is 3.96. The van der Waals surface area contributed by atoms with E-state index in [2.05, 4.69) is 20.7 Å². The first-order valence-electron chi connectivity index (χ1n) is 15.7. The first kappa shape index (κ1) is 35.2. The number of hydrogen-bond donors (Lipinski definition) is 2. The second kappa shape index (κ2) is 15.3. The predicted molar refractivity (Wildman–Crippen MR) is 183 cm³/mol. The van der Waals surface area contributed by atoms with Gasteiger partial charge < -0.3 is 19.5 Å². The molecule has 250 valence electrons. The Kier molecular flexibility index (Phi) is 11.5. The number of carbonyl (C=O) groups excluding carboxylic acids is 3. The van der Waals surface area contributed by atoms with Gasteiger partial charge in [-0.2, -0.15) is 0 Å². The third kappa shape index (κ3) is 8.59. The number of sulfonamides is 1. The van der Waals surface area contributed by atoms with Crippen LogP contribution in [-0.2, 0) is 39.0 Å². The van der Waals surface area contributed by atoms with Gasteiger partial charge in [0, 0.05) is 68.6 Å². The number of benzene rings is 3. The molecule has 3 amide bonds. The Labute approximate surface area is 277 Å². The monoisotopic (exact) mass is 660 g/mol. The number of ether oxygens (including phenoxy) is 1. The molecule has 47 heavy (non-hydrogen) atoms. The summed E-state index contributed by atoms with van der Waals surface area (Å²) in [5.41, 5.74) is 4.45. The molecule has 0 radical (unpaired) electrons. The number of methoxy groups -OCH3 is 1. The summed E-state index contributed by atoms with van der Waals surface area (Å²) < 4.78 is 35.8. The van der Waals surface area contributed by atoms with Crippen molar-refractivity contribution in [2.24, 2.45) is 5.92 Å². The molecule has 0 aliphatic carbocycles. The van der Waals surface area contributed by atoms with Gasteiger partial charge in [-0.3, -0.25) is 14.4 Å². The first-order chi connectivity index (χ1) is 22.3. The number of rotatable bonds is 14. The summed E-state index contributed by atoms with van der Waals surface area (Å²) in [6, 6.07) is 17.5. The topological polar surface area (TPSA) is 127 Å². The molecule has 4 rings (SSSR count). The Morgan fingerprint density at radius 2 is 1.74 bits per heavy atom. The lowest BCUT2D eigenvalue weighted by molar-refractivity contribution is -0.129. The molecule has 0 aliphatic rings. The minimum Gasteiger partial charge on any atom is -0.496 e. The van der Waals surface area contributed by atoms with Gasteiger partial charge >= 0.3 is 0 Å². The van der Waals surface area contributed by atoms with Crippen molar-refractivity contribution in [2.75, 3.05) is 27.7 Å². The Morgan fingerprint density at radius 1 is 1.00 bits per heavy atom. The van der Waals surface area contributed by atoms with Gasteiger partial charge in [0.2, 0.25) is 11.8 Å². The number of carbonyl (C=O) groups is 3. The van der Waals surface area contributed by atoms with Crippen LogP contribution in [0.25, 0.3) is 10.9 Å². The molecular weight excluding hydrogens is 616 g/mol. The van der Waals surface area contributed by atoms with Gasteiger partial charge in [0.05, 0.1) is 12.0 Å². The van der Waals surface area contributed by atoms with Crippen LogP contribution in [0.4, 0.5) is 0 Å². The highest BCUT2D eigenvalue weighted by atomic mass is 32.2. The molecular formula is C36H44N4O6S. The fourth-order valence-corrected chi connectivity index (χ4v) is 6.73. The molecule has 1 atom stereocenters. The number of hydrogen-bond acceptors (Lipinski definition) is 6. The number of aryl methyl sites for hydroxylation is 2. The summed E-state index contributed by atoms with van der Waals surface area (Å²) in [6.07, 6.45) is 4.27. The molecule has 1 unspecified atom stereocenters. The predicted octanol–water partition coefficient (Wildman–Crippen LogP) is 4.85. The van der Waals surface area contributed by atoms with Crippen LogP contribution < -0.4 is 14.8 Å². The standard InChI is InChI=1S/C36H44N4O6S/c1-7-17-37-35(42)25(3)19-26-12-15-31-30(20-26)29(23-40(31)18-16-34(41)39(4)5)21-27-13-14-28(22-32(27)46-6)36(43)38-47(44,45)33-11-9-8-10-24(33)2/h8-15,20,22-23,25H,7,16-19,21H2,1-6H3,(H,37,42)(H,38,43). The zero-order chi connectivity index (χ0) is 34.3. The Balaban J connectivity index is 1.64. The number of nitrogens with one attached hydrogen (secondary N) is 2. The summed E-state index contributed by atoms with van der Waals surface area (Å²) in [5.74, 6) is -0.478. The number of amides is 3. The minimum absolute atomic E-state index is 0.0208. The fraction of sp³-hybridized carbons (Fsp3) is 0.361. The maximum absolute atomic E-state index is 13.1. The van der Waals surface area contributed by atoms with E-state index in [0.717, 1.165) is 34.0 Å². The van der Waals surface area contributed by atoms with Gasteiger partial charge in [0.1, 0.15) is 5.75 Å². The minimum atomic E-state index is -4.07. The van der Waals surface area contributed by atoms with Crippen LogP contribution >= 0.6 is 0 Å². The van der Waals surface area contributed by atoms with Gasteiger partial charge in [-0.15, -0.1) is 0 Å². The van der Waals surface area contributed by atoms with Crippen LogP contribution in [0.2, 0.25) is 0 Å². The lowest BCUT2D eigenvalue weighted by Gasteiger charge is -2.13. The highest BCUT2D eigenvalue weighted by molar-refractivity contribution is 7.90. The van der Waals surface area contributed by atoms with Crippen LogP contribution in [0.1, 0.15) is 59.3 Å².